The van der Waals surface area contributed by atoms with Gasteiger partial charge < -0.3 is 0 Å². The quantitative estimate of drug-likeness (QED) is 0.796. The van der Waals surface area contributed by atoms with Gasteiger partial charge in [-0.25, -0.2) is 0 Å². The second-order valence-electron chi connectivity index (χ2n) is 3.05. The van der Waals surface area contributed by atoms with Crippen molar-refractivity contribution in [2.45, 2.75) is 20.3 Å². The molecule has 0 bridgehead atoms. The lowest BCUT2D eigenvalue weighted by molar-refractivity contribution is -0.116. The van der Waals surface area contributed by atoms with Crippen LogP contribution in [0.25, 0.3) is 0 Å². The van der Waals surface area contributed by atoms with Crippen molar-refractivity contribution in [2.24, 2.45) is 0 Å². The Morgan fingerprint density at radius 3 is 2.69 bits per heavy atom. The minimum atomic E-state index is 0.150. The molecule has 0 saturated carbocycles. The molecule has 1 nitrogen and oxygen atoms in total. The third-order valence-corrected chi connectivity index (χ3v) is 2.71. The van der Waals surface area contributed by atoms with E-state index in [9.17, 15) is 4.79 Å². The summed E-state index contributed by atoms with van der Waals surface area (Å²) >= 11 is 9.30. The fourth-order valence-corrected chi connectivity index (χ4v) is 2.03. The molecule has 70 valence electrons. The Kier molecular flexibility index (Phi) is 3.51. The maximum Gasteiger partial charge on any atom is 0.134 e. The summed E-state index contributed by atoms with van der Waals surface area (Å²) in [5.74, 6) is 0.150. The summed E-state index contributed by atoms with van der Waals surface area (Å²) in [4.78, 5) is 10.9. The zero-order valence-corrected chi connectivity index (χ0v) is 9.87. The second kappa shape index (κ2) is 4.25. The Morgan fingerprint density at radius 2 is 2.15 bits per heavy atom. The van der Waals surface area contributed by atoms with Crippen molar-refractivity contribution < 1.29 is 4.79 Å². The van der Waals surface area contributed by atoms with E-state index in [4.69, 9.17) is 11.6 Å². The first kappa shape index (κ1) is 10.7. The molecule has 3 heteroatoms. The molecule has 1 aromatic rings. The molecule has 0 unspecified atom stereocenters. The van der Waals surface area contributed by atoms with Crippen LogP contribution in [-0.2, 0) is 11.2 Å². The summed E-state index contributed by atoms with van der Waals surface area (Å²) in [5.41, 5.74) is 1.98. The van der Waals surface area contributed by atoms with Crippen molar-refractivity contribution in [1.82, 2.24) is 0 Å². The third-order valence-electron chi connectivity index (χ3n) is 1.86. The maximum atomic E-state index is 10.9. The van der Waals surface area contributed by atoms with Gasteiger partial charge in [0.25, 0.3) is 0 Å². The highest BCUT2D eigenvalue weighted by Gasteiger charge is 2.06. The number of Topliss-reactive ketones (excluding diaryl/α,β-unsaturated/α-hetero) is 1. The Hall–Kier alpha value is -0.340. The molecule has 1 rings (SSSR count). The number of halogens is 2. The van der Waals surface area contributed by atoms with Gasteiger partial charge in [-0.2, -0.15) is 0 Å². The summed E-state index contributed by atoms with van der Waals surface area (Å²) in [6.07, 6.45) is 0.449. The zero-order chi connectivity index (χ0) is 10.0. The van der Waals surface area contributed by atoms with Crippen molar-refractivity contribution in [3.63, 3.8) is 0 Å². The fourth-order valence-electron chi connectivity index (χ4n) is 1.15. The van der Waals surface area contributed by atoms with Crippen LogP contribution in [0.4, 0.5) is 0 Å². The van der Waals surface area contributed by atoms with E-state index in [2.05, 4.69) is 15.9 Å². The van der Waals surface area contributed by atoms with Crippen LogP contribution >= 0.6 is 27.5 Å². The summed E-state index contributed by atoms with van der Waals surface area (Å²) in [6.45, 7) is 3.50. The lowest BCUT2D eigenvalue weighted by Gasteiger charge is -2.06. The Labute approximate surface area is 91.2 Å². The number of carbonyl (C=O) groups is 1. The minimum Gasteiger partial charge on any atom is -0.300 e. The topological polar surface area (TPSA) is 17.1 Å². The van der Waals surface area contributed by atoms with E-state index in [1.54, 1.807) is 6.92 Å². The molecule has 0 aliphatic carbocycles. The highest BCUT2D eigenvalue weighted by atomic mass is 79.9. The number of hydrogen-bond acceptors (Lipinski definition) is 1. The van der Waals surface area contributed by atoms with Gasteiger partial charge in [-0.3, -0.25) is 4.79 Å². The van der Waals surface area contributed by atoms with Crippen LogP contribution in [0.3, 0.4) is 0 Å². The van der Waals surface area contributed by atoms with Crippen LogP contribution in [0.1, 0.15) is 18.1 Å². The fraction of sp³-hybridized carbons (Fsp3) is 0.300. The molecule has 0 fully saturated rings. The van der Waals surface area contributed by atoms with Crippen molar-refractivity contribution in [2.75, 3.05) is 0 Å². The lowest BCUT2D eigenvalue weighted by atomic mass is 10.0. The van der Waals surface area contributed by atoms with E-state index >= 15 is 0 Å². The molecular formula is C10H10BrClO. The normalized spacial score (nSPS) is 10.2. The highest BCUT2D eigenvalue weighted by molar-refractivity contribution is 9.10. The molecule has 13 heavy (non-hydrogen) atoms. The molecule has 0 aliphatic heterocycles. The first-order valence-corrected chi connectivity index (χ1v) is 5.11. The maximum absolute atomic E-state index is 10.9. The number of benzene rings is 1. The highest BCUT2D eigenvalue weighted by Crippen LogP contribution is 2.25. The Morgan fingerprint density at radius 1 is 1.54 bits per heavy atom. The predicted molar refractivity (Wildman–Crippen MR) is 58.3 cm³/mol. The molecular weight excluding hydrogens is 251 g/mol. The van der Waals surface area contributed by atoms with Gasteiger partial charge in [0, 0.05) is 15.9 Å². The van der Waals surface area contributed by atoms with Crippen molar-refractivity contribution >= 4 is 33.3 Å². The van der Waals surface area contributed by atoms with Crippen molar-refractivity contribution in [3.8, 4) is 0 Å². The summed E-state index contributed by atoms with van der Waals surface area (Å²) in [5, 5.41) is 0.700. The molecule has 0 amide bonds. The van der Waals surface area contributed by atoms with Gasteiger partial charge in [-0.1, -0.05) is 27.5 Å². The third kappa shape index (κ3) is 2.82. The summed E-state index contributed by atoms with van der Waals surface area (Å²) in [6, 6.07) is 3.77. The van der Waals surface area contributed by atoms with Gasteiger partial charge in [0.15, 0.2) is 0 Å². The average molecular weight is 262 g/mol. The molecule has 0 N–H and O–H groups in total. The summed E-state index contributed by atoms with van der Waals surface area (Å²) in [7, 11) is 0. The van der Waals surface area contributed by atoms with Gasteiger partial charge in [-0.05, 0) is 37.1 Å². The second-order valence-corrected chi connectivity index (χ2v) is 4.37. The van der Waals surface area contributed by atoms with Crippen LogP contribution in [0.15, 0.2) is 16.6 Å². The van der Waals surface area contributed by atoms with Crippen molar-refractivity contribution in [1.29, 1.82) is 0 Å². The van der Waals surface area contributed by atoms with E-state index < -0.39 is 0 Å². The van der Waals surface area contributed by atoms with Gasteiger partial charge in [0.2, 0.25) is 0 Å². The SMILES string of the molecule is CC(=O)Cc1cc(Br)cc(Cl)c1C. The van der Waals surface area contributed by atoms with E-state index in [1.165, 1.54) is 0 Å². The number of ketones is 1. The molecule has 0 spiro atoms. The minimum absolute atomic E-state index is 0.150. The number of hydrogen-bond donors (Lipinski definition) is 0. The molecule has 0 heterocycles. The van der Waals surface area contributed by atoms with Crippen LogP contribution in [0, 0.1) is 6.92 Å². The lowest BCUT2D eigenvalue weighted by Crippen LogP contribution is -1.99. The van der Waals surface area contributed by atoms with E-state index in [0.29, 0.717) is 11.4 Å². The predicted octanol–water partition coefficient (Wildman–Crippen LogP) is 3.54. The van der Waals surface area contributed by atoms with Gasteiger partial charge in [0.1, 0.15) is 5.78 Å². The smallest absolute Gasteiger partial charge is 0.134 e. The molecule has 0 radical (unpaired) electrons. The number of carbonyl (C=O) groups excluding carboxylic acids is 1. The molecule has 0 aliphatic rings. The average Bonchev–Trinajstić information content (AvgIpc) is 1.98. The van der Waals surface area contributed by atoms with Gasteiger partial charge in [-0.15, -0.1) is 0 Å². The molecule has 1 aromatic carbocycles. The largest absolute Gasteiger partial charge is 0.300 e. The van der Waals surface area contributed by atoms with Gasteiger partial charge >= 0.3 is 0 Å². The van der Waals surface area contributed by atoms with E-state index in [-0.39, 0.29) is 5.78 Å². The Balaban J connectivity index is 3.12. The van der Waals surface area contributed by atoms with Gasteiger partial charge in [0.05, 0.1) is 0 Å². The molecule has 0 saturated heterocycles. The van der Waals surface area contributed by atoms with Crippen LogP contribution in [0.2, 0.25) is 5.02 Å². The van der Waals surface area contributed by atoms with Crippen LogP contribution in [-0.4, -0.2) is 5.78 Å². The van der Waals surface area contributed by atoms with E-state index in [1.807, 2.05) is 19.1 Å². The zero-order valence-electron chi connectivity index (χ0n) is 7.53. The monoisotopic (exact) mass is 260 g/mol. The molecule has 0 atom stereocenters. The summed E-state index contributed by atoms with van der Waals surface area (Å²) < 4.78 is 0.916. The first-order valence-electron chi connectivity index (χ1n) is 3.94. The van der Waals surface area contributed by atoms with Crippen LogP contribution < -0.4 is 0 Å². The first-order chi connectivity index (χ1) is 6.00. The van der Waals surface area contributed by atoms with E-state index in [0.717, 1.165) is 15.6 Å². The van der Waals surface area contributed by atoms with Crippen LogP contribution in [0.5, 0.6) is 0 Å². The molecule has 0 aromatic heterocycles. The Bertz CT molecular complexity index is 347. The van der Waals surface area contributed by atoms with Crippen molar-refractivity contribution in [3.05, 3.63) is 32.8 Å². The standard InChI is InChI=1S/C10H10BrClO/c1-6(13)3-8-4-9(11)5-10(12)7(8)2/h4-5H,3H2,1-2H3. The number of rotatable bonds is 2.